The van der Waals surface area contributed by atoms with Crippen molar-refractivity contribution in [1.29, 1.82) is 0 Å². The summed E-state index contributed by atoms with van der Waals surface area (Å²) in [6.45, 7) is 4.09. The number of amides is 1. The van der Waals surface area contributed by atoms with E-state index >= 15 is 0 Å². The molecule has 3 rings (SSSR count). The first-order valence-corrected chi connectivity index (χ1v) is 10.2. The van der Waals surface area contributed by atoms with Crippen LogP contribution in [-0.2, 0) is 4.79 Å². The number of thioether (sulfide) groups is 1. The molecule has 0 aliphatic heterocycles. The molecule has 0 spiro atoms. The predicted molar refractivity (Wildman–Crippen MR) is 107 cm³/mol. The van der Waals surface area contributed by atoms with Crippen molar-refractivity contribution >= 4 is 61.3 Å². The maximum Gasteiger partial charge on any atom is 0.345 e. The van der Waals surface area contributed by atoms with E-state index in [0.717, 1.165) is 23.2 Å². The molecule has 140 valence electrons. The van der Waals surface area contributed by atoms with Crippen LogP contribution in [0.4, 0.5) is 21.0 Å². The first kappa shape index (κ1) is 19.2. The largest absolute Gasteiger partial charge is 0.345 e. The Labute approximate surface area is 166 Å². The van der Waals surface area contributed by atoms with Gasteiger partial charge in [-0.05, 0) is 48.4 Å². The number of rotatable bonds is 7. The molecular formula is C15H14N6O3S3. The number of aryl methyl sites for hydroxylation is 2. The van der Waals surface area contributed by atoms with Gasteiger partial charge in [-0.25, -0.2) is 4.98 Å². The predicted octanol–water partition coefficient (Wildman–Crippen LogP) is 3.99. The van der Waals surface area contributed by atoms with Crippen LogP contribution in [0.25, 0.3) is 0 Å². The molecule has 2 heterocycles. The summed E-state index contributed by atoms with van der Waals surface area (Å²) in [6, 6.07) is 6.03. The maximum atomic E-state index is 11.9. The average Bonchev–Trinajstić information content (AvgIpc) is 3.26. The highest BCUT2D eigenvalue weighted by Gasteiger charge is 2.14. The van der Waals surface area contributed by atoms with Crippen LogP contribution in [0.2, 0.25) is 0 Å². The molecule has 0 aliphatic rings. The van der Waals surface area contributed by atoms with Gasteiger partial charge in [-0.1, -0.05) is 29.2 Å². The van der Waals surface area contributed by atoms with E-state index < -0.39 is 4.92 Å². The lowest BCUT2D eigenvalue weighted by Crippen LogP contribution is -2.13. The fourth-order valence-corrected chi connectivity index (χ4v) is 4.17. The normalized spacial score (nSPS) is 10.6. The highest BCUT2D eigenvalue weighted by Crippen LogP contribution is 2.29. The number of anilines is 3. The third-order valence-electron chi connectivity index (χ3n) is 3.41. The molecule has 0 atom stereocenters. The van der Waals surface area contributed by atoms with Gasteiger partial charge in [0.25, 0.3) is 0 Å². The van der Waals surface area contributed by atoms with Crippen molar-refractivity contribution in [2.75, 3.05) is 16.4 Å². The van der Waals surface area contributed by atoms with Gasteiger partial charge in [0.15, 0.2) is 9.47 Å². The lowest BCUT2D eigenvalue weighted by atomic mass is 10.1. The first-order valence-electron chi connectivity index (χ1n) is 7.61. The van der Waals surface area contributed by atoms with Gasteiger partial charge in [-0.2, -0.15) is 0 Å². The Kier molecular flexibility index (Phi) is 5.98. The van der Waals surface area contributed by atoms with Gasteiger partial charge in [-0.3, -0.25) is 14.9 Å². The number of nitrogens with one attached hydrogen (secondary N) is 2. The zero-order chi connectivity index (χ0) is 19.4. The second kappa shape index (κ2) is 8.41. The van der Waals surface area contributed by atoms with Crippen LogP contribution in [0.15, 0.2) is 28.7 Å². The van der Waals surface area contributed by atoms with Gasteiger partial charge in [0.1, 0.15) is 6.20 Å². The Balaban J connectivity index is 1.51. The number of benzene rings is 1. The maximum absolute atomic E-state index is 11.9. The van der Waals surface area contributed by atoms with Crippen LogP contribution in [0.1, 0.15) is 11.1 Å². The van der Waals surface area contributed by atoms with Crippen LogP contribution in [0.3, 0.4) is 0 Å². The van der Waals surface area contributed by atoms with Crippen LogP contribution in [-0.4, -0.2) is 31.8 Å². The molecule has 1 aromatic carbocycles. The molecule has 2 aromatic heterocycles. The Morgan fingerprint density at radius 3 is 2.74 bits per heavy atom. The van der Waals surface area contributed by atoms with Gasteiger partial charge in [0.05, 0.1) is 10.7 Å². The van der Waals surface area contributed by atoms with Gasteiger partial charge in [0, 0.05) is 5.69 Å². The average molecular weight is 423 g/mol. The topological polar surface area (TPSA) is 123 Å². The molecule has 0 aliphatic carbocycles. The second-order valence-electron chi connectivity index (χ2n) is 5.39. The SMILES string of the molecule is Cc1ccc(Nc2nnc(SCC(=O)Nc3ncc([N+](=O)[O-])s3)s2)cc1C. The number of nitro groups is 1. The second-order valence-corrected chi connectivity index (χ2v) is 8.60. The third kappa shape index (κ3) is 5.21. The summed E-state index contributed by atoms with van der Waals surface area (Å²) in [4.78, 5) is 25.8. The molecule has 0 saturated carbocycles. The monoisotopic (exact) mass is 422 g/mol. The van der Waals surface area contributed by atoms with Gasteiger partial charge >= 0.3 is 5.00 Å². The molecule has 3 aromatic rings. The first-order chi connectivity index (χ1) is 12.9. The van der Waals surface area contributed by atoms with Crippen LogP contribution in [0.5, 0.6) is 0 Å². The van der Waals surface area contributed by atoms with Crippen molar-refractivity contribution in [2.24, 2.45) is 0 Å². The summed E-state index contributed by atoms with van der Waals surface area (Å²) in [6.07, 6.45) is 1.11. The van der Waals surface area contributed by atoms with E-state index in [2.05, 4.69) is 25.8 Å². The van der Waals surface area contributed by atoms with E-state index in [1.807, 2.05) is 32.0 Å². The molecule has 27 heavy (non-hydrogen) atoms. The molecule has 2 N–H and O–H groups in total. The molecule has 12 heteroatoms. The minimum atomic E-state index is -0.548. The molecule has 0 bridgehead atoms. The van der Waals surface area contributed by atoms with Gasteiger partial charge in [0.2, 0.25) is 11.0 Å². The number of hydrogen-bond acceptors (Lipinski definition) is 10. The van der Waals surface area contributed by atoms with Crippen LogP contribution >= 0.6 is 34.4 Å². The summed E-state index contributed by atoms with van der Waals surface area (Å²) in [7, 11) is 0. The lowest BCUT2D eigenvalue weighted by molar-refractivity contribution is -0.380. The highest BCUT2D eigenvalue weighted by atomic mass is 32.2. The molecule has 9 nitrogen and oxygen atoms in total. The van der Waals surface area contributed by atoms with Crippen molar-refractivity contribution < 1.29 is 9.72 Å². The van der Waals surface area contributed by atoms with Crippen molar-refractivity contribution in [3.63, 3.8) is 0 Å². The number of hydrogen-bond donors (Lipinski definition) is 2. The van der Waals surface area contributed by atoms with Crippen molar-refractivity contribution in [1.82, 2.24) is 15.2 Å². The summed E-state index contributed by atoms with van der Waals surface area (Å²) >= 11 is 3.39. The minimum Gasteiger partial charge on any atom is -0.330 e. The smallest absolute Gasteiger partial charge is 0.330 e. The van der Waals surface area contributed by atoms with E-state index in [1.165, 1.54) is 34.2 Å². The van der Waals surface area contributed by atoms with E-state index in [4.69, 9.17) is 0 Å². The molecule has 1 amide bonds. The molecule has 0 radical (unpaired) electrons. The fourth-order valence-electron chi connectivity index (χ4n) is 1.95. The lowest BCUT2D eigenvalue weighted by Gasteiger charge is -2.05. The van der Waals surface area contributed by atoms with Crippen molar-refractivity contribution in [3.8, 4) is 0 Å². The van der Waals surface area contributed by atoms with E-state index in [0.29, 0.717) is 9.47 Å². The zero-order valence-electron chi connectivity index (χ0n) is 14.3. The van der Waals surface area contributed by atoms with Gasteiger partial charge in [-0.15, -0.1) is 10.2 Å². The Morgan fingerprint density at radius 2 is 2.04 bits per heavy atom. The van der Waals surface area contributed by atoms with Crippen LogP contribution < -0.4 is 10.6 Å². The summed E-state index contributed by atoms with van der Waals surface area (Å²) in [5.74, 6) is -0.214. The zero-order valence-corrected chi connectivity index (χ0v) is 16.7. The van der Waals surface area contributed by atoms with Crippen molar-refractivity contribution in [2.45, 2.75) is 18.2 Å². The quantitative estimate of drug-likeness (QED) is 0.333. The van der Waals surface area contributed by atoms with E-state index in [-0.39, 0.29) is 21.8 Å². The molecule has 0 unspecified atom stereocenters. The van der Waals surface area contributed by atoms with E-state index in [1.54, 1.807) is 0 Å². The Bertz CT molecular complexity index is 987. The highest BCUT2D eigenvalue weighted by molar-refractivity contribution is 8.01. The number of thiazole rings is 1. The van der Waals surface area contributed by atoms with E-state index in [9.17, 15) is 14.9 Å². The number of nitrogens with zero attached hydrogens (tertiary/aromatic N) is 4. The standard InChI is InChI=1S/C15H14N6O3S3/c1-8-3-4-10(5-9(8)2)17-14-19-20-15(27-14)25-7-11(22)18-13-16-6-12(26-13)21(23)24/h3-6H,7H2,1-2H3,(H,17,19)(H,16,18,22). The molecule has 0 saturated heterocycles. The third-order valence-corrected chi connectivity index (χ3v) is 6.25. The summed E-state index contributed by atoms with van der Waals surface area (Å²) in [5.41, 5.74) is 3.32. The van der Waals surface area contributed by atoms with Gasteiger partial charge < -0.3 is 10.6 Å². The summed E-state index contributed by atoms with van der Waals surface area (Å²) < 4.78 is 0.640. The Hall–Kier alpha value is -2.57. The summed E-state index contributed by atoms with van der Waals surface area (Å²) in [5, 5.41) is 25.2. The number of carbonyl (C=O) groups is 1. The Morgan fingerprint density at radius 1 is 1.22 bits per heavy atom. The van der Waals surface area contributed by atoms with Crippen molar-refractivity contribution in [3.05, 3.63) is 45.6 Å². The molecule has 0 fully saturated rings. The number of aromatic nitrogens is 3. The number of carbonyl (C=O) groups excluding carboxylic acids is 1. The minimum absolute atomic E-state index is 0.103. The molecular weight excluding hydrogens is 408 g/mol. The van der Waals surface area contributed by atoms with Crippen LogP contribution in [0, 0.1) is 24.0 Å². The fraction of sp³-hybridized carbons (Fsp3) is 0.200.